The Kier molecular flexibility index (Phi) is 6.11. The average Bonchev–Trinajstić information content (AvgIpc) is 3.10. The number of hydrogen-bond donors (Lipinski definition) is 1. The van der Waals surface area contributed by atoms with Crippen LogP contribution in [0.5, 0.6) is 0 Å². The number of aryl methyl sites for hydroxylation is 1. The number of hydrogen-bond acceptors (Lipinski definition) is 5. The lowest BCUT2D eigenvalue weighted by Gasteiger charge is -2.09. The van der Waals surface area contributed by atoms with Gasteiger partial charge in [0.05, 0.1) is 6.10 Å². The number of anilines is 2. The lowest BCUT2D eigenvalue weighted by molar-refractivity contribution is -0.141. The predicted octanol–water partition coefficient (Wildman–Crippen LogP) is 5.07. The molecule has 2 aromatic carbocycles. The van der Waals surface area contributed by atoms with Gasteiger partial charge in [-0.3, -0.25) is 0 Å². The van der Waals surface area contributed by atoms with Crippen LogP contribution < -0.4 is 5.32 Å². The quantitative estimate of drug-likeness (QED) is 0.465. The van der Waals surface area contributed by atoms with Crippen LogP contribution in [0.1, 0.15) is 19.4 Å². The van der Waals surface area contributed by atoms with Gasteiger partial charge in [-0.2, -0.15) is 0 Å². The van der Waals surface area contributed by atoms with E-state index in [1.54, 1.807) is 20.2 Å². The SMILES string of the molecule is Cc1cc(Nc2ccc(Cl)cc2)cc(-c2ncn(/C=C\C(=O)OC(C)C)n2)c1. The van der Waals surface area contributed by atoms with Crippen LogP contribution >= 0.6 is 11.6 Å². The molecule has 1 heterocycles. The first kappa shape index (κ1) is 19.6. The highest BCUT2D eigenvalue weighted by Crippen LogP contribution is 2.25. The van der Waals surface area contributed by atoms with Crippen LogP contribution in [0.3, 0.4) is 0 Å². The molecule has 0 bridgehead atoms. The third kappa shape index (κ3) is 5.44. The standard InChI is InChI=1S/C21H21ClN4O2/c1-14(2)28-20(27)8-9-26-13-23-21(25-26)16-10-15(3)11-19(12-16)24-18-6-4-17(22)5-7-18/h4-14,24H,1-3H3/b9-8-. The number of esters is 1. The second kappa shape index (κ2) is 8.71. The number of benzene rings is 2. The Morgan fingerprint density at radius 3 is 2.64 bits per heavy atom. The monoisotopic (exact) mass is 396 g/mol. The molecule has 0 fully saturated rings. The highest BCUT2D eigenvalue weighted by Gasteiger charge is 2.07. The summed E-state index contributed by atoms with van der Waals surface area (Å²) in [6.45, 7) is 5.61. The summed E-state index contributed by atoms with van der Waals surface area (Å²) < 4.78 is 6.53. The Balaban J connectivity index is 1.77. The normalized spacial score (nSPS) is 11.2. The van der Waals surface area contributed by atoms with Crippen molar-refractivity contribution in [2.45, 2.75) is 26.9 Å². The van der Waals surface area contributed by atoms with Crippen molar-refractivity contribution in [3.05, 3.63) is 65.5 Å². The first-order valence-corrected chi connectivity index (χ1v) is 9.21. The molecule has 0 radical (unpaired) electrons. The van der Waals surface area contributed by atoms with Crippen LogP contribution in [-0.2, 0) is 9.53 Å². The Morgan fingerprint density at radius 2 is 1.93 bits per heavy atom. The molecule has 7 heteroatoms. The van der Waals surface area contributed by atoms with Crippen molar-refractivity contribution >= 4 is 35.1 Å². The molecule has 1 N–H and O–H groups in total. The van der Waals surface area contributed by atoms with E-state index in [9.17, 15) is 4.79 Å². The van der Waals surface area contributed by atoms with Crippen LogP contribution in [0.2, 0.25) is 5.02 Å². The molecule has 28 heavy (non-hydrogen) atoms. The van der Waals surface area contributed by atoms with E-state index < -0.39 is 5.97 Å². The number of rotatable bonds is 6. The van der Waals surface area contributed by atoms with E-state index in [0.29, 0.717) is 10.8 Å². The molecule has 0 spiro atoms. The Labute approximate surface area is 168 Å². The van der Waals surface area contributed by atoms with Gasteiger partial charge in [0, 0.05) is 34.2 Å². The van der Waals surface area contributed by atoms with E-state index in [1.165, 1.54) is 17.0 Å². The van der Waals surface area contributed by atoms with Crippen molar-refractivity contribution in [2.24, 2.45) is 0 Å². The van der Waals surface area contributed by atoms with Gasteiger partial charge in [-0.25, -0.2) is 14.5 Å². The van der Waals surface area contributed by atoms with Gasteiger partial charge in [-0.1, -0.05) is 11.6 Å². The van der Waals surface area contributed by atoms with Gasteiger partial charge >= 0.3 is 5.97 Å². The lowest BCUT2D eigenvalue weighted by atomic mass is 10.1. The summed E-state index contributed by atoms with van der Waals surface area (Å²) in [6, 6.07) is 13.5. The zero-order chi connectivity index (χ0) is 20.1. The van der Waals surface area contributed by atoms with Crippen molar-refractivity contribution < 1.29 is 9.53 Å². The molecule has 6 nitrogen and oxygen atoms in total. The molecule has 0 saturated heterocycles. The summed E-state index contributed by atoms with van der Waals surface area (Å²) in [5.41, 5.74) is 3.80. The summed E-state index contributed by atoms with van der Waals surface area (Å²) in [5.74, 6) is 0.141. The second-order valence-corrected chi connectivity index (χ2v) is 7.01. The number of halogens is 1. The minimum atomic E-state index is -0.419. The molecule has 144 valence electrons. The molecule has 3 rings (SSSR count). The average molecular weight is 397 g/mol. The summed E-state index contributed by atoms with van der Waals surface area (Å²) in [5, 5.41) is 8.44. The molecule has 0 saturated carbocycles. The van der Waals surface area contributed by atoms with Crippen LogP contribution in [0.25, 0.3) is 17.6 Å². The first-order valence-electron chi connectivity index (χ1n) is 8.83. The number of carbonyl (C=O) groups is 1. The summed E-state index contributed by atoms with van der Waals surface area (Å²) in [4.78, 5) is 15.9. The predicted molar refractivity (Wildman–Crippen MR) is 111 cm³/mol. The van der Waals surface area contributed by atoms with Gasteiger partial charge in [0.2, 0.25) is 0 Å². The van der Waals surface area contributed by atoms with Crippen LogP contribution in [0.15, 0.2) is 54.9 Å². The van der Waals surface area contributed by atoms with E-state index in [0.717, 1.165) is 22.5 Å². The maximum Gasteiger partial charge on any atom is 0.332 e. The van der Waals surface area contributed by atoms with Gasteiger partial charge in [0.25, 0.3) is 0 Å². The number of nitrogens with one attached hydrogen (secondary N) is 1. The van der Waals surface area contributed by atoms with Crippen molar-refractivity contribution in [2.75, 3.05) is 5.32 Å². The van der Waals surface area contributed by atoms with Crippen molar-refractivity contribution in [1.82, 2.24) is 14.8 Å². The summed E-state index contributed by atoms with van der Waals surface area (Å²) in [7, 11) is 0. The highest BCUT2D eigenvalue weighted by molar-refractivity contribution is 6.30. The molecular weight excluding hydrogens is 376 g/mol. The van der Waals surface area contributed by atoms with E-state index in [1.807, 2.05) is 49.4 Å². The minimum absolute atomic E-state index is 0.165. The lowest BCUT2D eigenvalue weighted by Crippen LogP contribution is -2.08. The smallest absolute Gasteiger partial charge is 0.332 e. The molecule has 1 aromatic heterocycles. The number of nitrogens with zero attached hydrogens (tertiary/aromatic N) is 3. The van der Waals surface area contributed by atoms with E-state index >= 15 is 0 Å². The zero-order valence-electron chi connectivity index (χ0n) is 15.9. The maximum absolute atomic E-state index is 11.6. The van der Waals surface area contributed by atoms with Gasteiger partial charge in [0.15, 0.2) is 5.82 Å². The molecule has 0 aliphatic heterocycles. The van der Waals surface area contributed by atoms with Crippen LogP contribution in [-0.4, -0.2) is 26.8 Å². The molecule has 0 aliphatic carbocycles. The number of aromatic nitrogens is 3. The maximum atomic E-state index is 11.6. The van der Waals surface area contributed by atoms with Gasteiger partial charge in [-0.15, -0.1) is 5.10 Å². The summed E-state index contributed by atoms with van der Waals surface area (Å²) in [6.07, 6.45) is 4.22. The summed E-state index contributed by atoms with van der Waals surface area (Å²) >= 11 is 5.94. The highest BCUT2D eigenvalue weighted by atomic mass is 35.5. The first-order chi connectivity index (χ1) is 13.4. The zero-order valence-corrected chi connectivity index (χ0v) is 16.6. The number of carbonyl (C=O) groups excluding carboxylic acids is 1. The third-order valence-corrected chi connectivity index (χ3v) is 3.94. The topological polar surface area (TPSA) is 69.0 Å². The Bertz CT molecular complexity index is 994. The van der Waals surface area contributed by atoms with Crippen molar-refractivity contribution in [3.8, 4) is 11.4 Å². The van der Waals surface area contributed by atoms with Crippen LogP contribution in [0, 0.1) is 6.92 Å². The fraction of sp³-hybridized carbons (Fsp3) is 0.190. The molecular formula is C21H21ClN4O2. The van der Waals surface area contributed by atoms with E-state index in [2.05, 4.69) is 15.4 Å². The molecule has 0 aliphatic rings. The minimum Gasteiger partial charge on any atom is -0.460 e. The van der Waals surface area contributed by atoms with Gasteiger partial charge in [0.1, 0.15) is 6.33 Å². The van der Waals surface area contributed by atoms with Crippen molar-refractivity contribution in [1.29, 1.82) is 0 Å². The largest absolute Gasteiger partial charge is 0.460 e. The second-order valence-electron chi connectivity index (χ2n) is 6.57. The third-order valence-electron chi connectivity index (χ3n) is 3.69. The number of ether oxygens (including phenoxy) is 1. The Hall–Kier alpha value is -3.12. The van der Waals surface area contributed by atoms with E-state index in [-0.39, 0.29) is 6.10 Å². The Morgan fingerprint density at radius 1 is 1.18 bits per heavy atom. The van der Waals surface area contributed by atoms with Crippen LogP contribution in [0.4, 0.5) is 11.4 Å². The fourth-order valence-corrected chi connectivity index (χ4v) is 2.70. The van der Waals surface area contributed by atoms with Crippen molar-refractivity contribution in [3.63, 3.8) is 0 Å². The van der Waals surface area contributed by atoms with Gasteiger partial charge < -0.3 is 10.1 Å². The molecule has 0 amide bonds. The molecule has 0 atom stereocenters. The fourth-order valence-electron chi connectivity index (χ4n) is 2.57. The molecule has 3 aromatic rings. The van der Waals surface area contributed by atoms with E-state index in [4.69, 9.17) is 16.3 Å². The molecule has 0 unspecified atom stereocenters. The van der Waals surface area contributed by atoms with Gasteiger partial charge in [-0.05, 0) is 68.8 Å².